The number of likely N-dealkylation sites (N-methyl/N-ethyl adjacent to an activating group) is 1. The second-order valence-corrected chi connectivity index (χ2v) is 5.29. The molecule has 0 aliphatic carbocycles. The Morgan fingerprint density at radius 2 is 2.05 bits per heavy atom. The van der Waals surface area contributed by atoms with Gasteiger partial charge in [-0.25, -0.2) is 0 Å². The van der Waals surface area contributed by atoms with Crippen molar-refractivity contribution in [3.05, 3.63) is 29.3 Å². The van der Waals surface area contributed by atoms with E-state index in [1.807, 2.05) is 25.1 Å². The first-order valence-corrected chi connectivity index (χ1v) is 7.11. The molecule has 0 aliphatic heterocycles. The maximum Gasteiger partial charge on any atom is 0.222 e. The van der Waals surface area contributed by atoms with Gasteiger partial charge in [0.2, 0.25) is 5.91 Å². The van der Waals surface area contributed by atoms with Crippen LogP contribution in [0.1, 0.15) is 30.9 Å². The molecule has 112 valence electrons. The fraction of sp³-hybridized carbons (Fsp3) is 0.562. The zero-order valence-electron chi connectivity index (χ0n) is 13.0. The van der Waals surface area contributed by atoms with E-state index in [4.69, 9.17) is 10.5 Å². The van der Waals surface area contributed by atoms with Crippen LogP contribution in [-0.2, 0) is 4.79 Å². The van der Waals surface area contributed by atoms with Crippen LogP contribution < -0.4 is 10.5 Å². The smallest absolute Gasteiger partial charge is 0.222 e. The Bertz CT molecular complexity index is 446. The molecule has 1 unspecified atom stereocenters. The molecule has 4 nitrogen and oxygen atoms in total. The predicted molar refractivity (Wildman–Crippen MR) is 81.9 cm³/mol. The molecule has 0 spiro atoms. The molecule has 0 aromatic heterocycles. The summed E-state index contributed by atoms with van der Waals surface area (Å²) in [6, 6.07) is 6.13. The molecule has 0 heterocycles. The van der Waals surface area contributed by atoms with Gasteiger partial charge in [-0.1, -0.05) is 6.07 Å². The van der Waals surface area contributed by atoms with Crippen molar-refractivity contribution in [2.75, 3.05) is 20.2 Å². The molecular weight excluding hydrogens is 252 g/mol. The van der Waals surface area contributed by atoms with E-state index in [0.29, 0.717) is 26.0 Å². The first-order valence-electron chi connectivity index (χ1n) is 7.11. The number of hydrogen-bond donors (Lipinski definition) is 1. The highest BCUT2D eigenvalue weighted by molar-refractivity contribution is 5.76. The van der Waals surface area contributed by atoms with Gasteiger partial charge in [-0.15, -0.1) is 0 Å². The van der Waals surface area contributed by atoms with Crippen LogP contribution in [0.3, 0.4) is 0 Å². The minimum absolute atomic E-state index is 0.0863. The summed E-state index contributed by atoms with van der Waals surface area (Å²) in [5.41, 5.74) is 8.02. The highest BCUT2D eigenvalue weighted by Crippen LogP contribution is 2.16. The topological polar surface area (TPSA) is 55.6 Å². The second-order valence-electron chi connectivity index (χ2n) is 5.29. The standard InChI is InChI=1S/C16H26N2O2/c1-12-7-8-15(10-13(12)2)20-9-5-6-16(19)18(4)14(3)11-17/h7-8,10,14H,5-6,9,11,17H2,1-4H3. The Balaban J connectivity index is 2.31. The number of hydrogen-bond acceptors (Lipinski definition) is 3. The van der Waals surface area contributed by atoms with E-state index in [9.17, 15) is 4.79 Å². The van der Waals surface area contributed by atoms with Gasteiger partial charge in [-0.2, -0.15) is 0 Å². The van der Waals surface area contributed by atoms with Gasteiger partial charge in [0.05, 0.1) is 6.61 Å². The molecule has 0 radical (unpaired) electrons. The molecule has 0 aliphatic rings. The van der Waals surface area contributed by atoms with Crippen LogP contribution in [0.5, 0.6) is 5.75 Å². The lowest BCUT2D eigenvalue weighted by Gasteiger charge is -2.23. The SMILES string of the molecule is Cc1ccc(OCCCC(=O)N(C)C(C)CN)cc1C. The van der Waals surface area contributed by atoms with Crippen molar-refractivity contribution in [2.45, 2.75) is 39.7 Å². The summed E-state index contributed by atoms with van der Waals surface area (Å²) in [6.07, 6.45) is 1.21. The maximum absolute atomic E-state index is 11.9. The molecule has 20 heavy (non-hydrogen) atoms. The molecule has 2 N–H and O–H groups in total. The van der Waals surface area contributed by atoms with Gasteiger partial charge in [-0.3, -0.25) is 4.79 Å². The molecule has 0 fully saturated rings. The van der Waals surface area contributed by atoms with E-state index in [1.165, 1.54) is 11.1 Å². The minimum Gasteiger partial charge on any atom is -0.494 e. The summed E-state index contributed by atoms with van der Waals surface area (Å²) >= 11 is 0. The average Bonchev–Trinajstić information content (AvgIpc) is 2.45. The van der Waals surface area contributed by atoms with Crippen molar-refractivity contribution in [2.24, 2.45) is 5.73 Å². The summed E-state index contributed by atoms with van der Waals surface area (Å²) in [7, 11) is 1.80. The fourth-order valence-electron chi connectivity index (χ4n) is 1.80. The number of carbonyl (C=O) groups excluding carboxylic acids is 1. The molecule has 1 atom stereocenters. The Morgan fingerprint density at radius 1 is 1.35 bits per heavy atom. The van der Waals surface area contributed by atoms with Crippen molar-refractivity contribution in [3.8, 4) is 5.75 Å². The van der Waals surface area contributed by atoms with Crippen LogP contribution in [0.25, 0.3) is 0 Å². The van der Waals surface area contributed by atoms with E-state index in [2.05, 4.69) is 13.8 Å². The monoisotopic (exact) mass is 278 g/mol. The average molecular weight is 278 g/mol. The third-order valence-corrected chi connectivity index (χ3v) is 3.68. The zero-order valence-corrected chi connectivity index (χ0v) is 13.0. The molecular formula is C16H26N2O2. The van der Waals surface area contributed by atoms with E-state index >= 15 is 0 Å². The van der Waals surface area contributed by atoms with E-state index in [0.717, 1.165) is 5.75 Å². The van der Waals surface area contributed by atoms with Crippen molar-refractivity contribution >= 4 is 5.91 Å². The van der Waals surface area contributed by atoms with Gasteiger partial charge in [0.25, 0.3) is 0 Å². The third kappa shape index (κ3) is 4.85. The number of carbonyl (C=O) groups is 1. The van der Waals surface area contributed by atoms with Crippen LogP contribution in [0.15, 0.2) is 18.2 Å². The minimum atomic E-state index is 0.0863. The highest BCUT2D eigenvalue weighted by Gasteiger charge is 2.13. The van der Waals surface area contributed by atoms with Crippen LogP contribution in [0, 0.1) is 13.8 Å². The number of benzene rings is 1. The van der Waals surface area contributed by atoms with Gasteiger partial charge < -0.3 is 15.4 Å². The lowest BCUT2D eigenvalue weighted by molar-refractivity contribution is -0.131. The summed E-state index contributed by atoms with van der Waals surface area (Å²) < 4.78 is 5.66. The maximum atomic E-state index is 11.9. The predicted octanol–water partition coefficient (Wildman–Crippen LogP) is 2.27. The quantitative estimate of drug-likeness (QED) is 0.778. The van der Waals surface area contributed by atoms with Gasteiger partial charge in [0, 0.05) is 26.1 Å². The molecule has 1 amide bonds. The Labute approximate surface area is 121 Å². The molecule has 0 saturated heterocycles. The third-order valence-electron chi connectivity index (χ3n) is 3.68. The molecule has 1 rings (SSSR count). The van der Waals surface area contributed by atoms with Crippen molar-refractivity contribution in [1.82, 2.24) is 4.90 Å². The van der Waals surface area contributed by atoms with E-state index < -0.39 is 0 Å². The summed E-state index contributed by atoms with van der Waals surface area (Å²) in [6.45, 7) is 7.13. The fourth-order valence-corrected chi connectivity index (χ4v) is 1.80. The van der Waals surface area contributed by atoms with Crippen molar-refractivity contribution in [3.63, 3.8) is 0 Å². The summed E-state index contributed by atoms with van der Waals surface area (Å²) in [5, 5.41) is 0. The van der Waals surface area contributed by atoms with Gasteiger partial charge in [0.15, 0.2) is 0 Å². The number of amides is 1. The number of rotatable bonds is 7. The lowest BCUT2D eigenvalue weighted by Crippen LogP contribution is -2.39. The Hall–Kier alpha value is -1.55. The molecule has 1 aromatic rings. The summed E-state index contributed by atoms with van der Waals surface area (Å²) in [4.78, 5) is 13.6. The van der Waals surface area contributed by atoms with E-state index in [1.54, 1.807) is 11.9 Å². The molecule has 1 aromatic carbocycles. The Kier molecular flexibility index (Phi) is 6.52. The first kappa shape index (κ1) is 16.5. The van der Waals surface area contributed by atoms with Gasteiger partial charge >= 0.3 is 0 Å². The van der Waals surface area contributed by atoms with Crippen LogP contribution in [0.4, 0.5) is 0 Å². The van der Waals surface area contributed by atoms with Crippen LogP contribution in [-0.4, -0.2) is 37.0 Å². The number of nitrogens with two attached hydrogens (primary N) is 1. The molecule has 0 bridgehead atoms. The number of ether oxygens (including phenoxy) is 1. The van der Waals surface area contributed by atoms with Crippen molar-refractivity contribution in [1.29, 1.82) is 0 Å². The van der Waals surface area contributed by atoms with Gasteiger partial charge in [-0.05, 0) is 50.5 Å². The van der Waals surface area contributed by atoms with E-state index in [-0.39, 0.29) is 11.9 Å². The highest BCUT2D eigenvalue weighted by atomic mass is 16.5. The normalized spacial score (nSPS) is 12.1. The van der Waals surface area contributed by atoms with Crippen LogP contribution >= 0.6 is 0 Å². The van der Waals surface area contributed by atoms with Crippen molar-refractivity contribution < 1.29 is 9.53 Å². The number of aryl methyl sites for hydroxylation is 2. The Morgan fingerprint density at radius 3 is 2.65 bits per heavy atom. The lowest BCUT2D eigenvalue weighted by atomic mass is 10.1. The summed E-state index contributed by atoms with van der Waals surface area (Å²) in [5.74, 6) is 0.982. The number of nitrogens with zero attached hydrogens (tertiary/aromatic N) is 1. The van der Waals surface area contributed by atoms with Gasteiger partial charge in [0.1, 0.15) is 5.75 Å². The zero-order chi connectivity index (χ0) is 15.1. The largest absolute Gasteiger partial charge is 0.494 e. The molecule has 0 saturated carbocycles. The molecule has 4 heteroatoms. The van der Waals surface area contributed by atoms with Crippen LogP contribution in [0.2, 0.25) is 0 Å². The first-order chi connectivity index (χ1) is 9.45. The second kappa shape index (κ2) is 7.90.